The zero-order valence-corrected chi connectivity index (χ0v) is 13.6. The Kier molecular flexibility index (Phi) is 5.06. The molecule has 1 nitrogen and oxygen atoms in total. The van der Waals surface area contributed by atoms with Crippen molar-refractivity contribution in [1.82, 2.24) is 0 Å². The number of ether oxygens (including phenoxy) is 1. The van der Waals surface area contributed by atoms with Crippen LogP contribution >= 0.6 is 27.5 Å². The molecule has 0 amide bonds. The first-order valence-corrected chi connectivity index (χ1v) is 7.56. The number of alkyl halides is 1. The van der Waals surface area contributed by atoms with Crippen molar-refractivity contribution in [1.29, 1.82) is 0 Å². The summed E-state index contributed by atoms with van der Waals surface area (Å²) in [5, 5.41) is -0.335. The summed E-state index contributed by atoms with van der Waals surface area (Å²) in [6, 6.07) is 12.1. The Morgan fingerprint density at radius 3 is 2.30 bits per heavy atom. The molecule has 2 aromatic carbocycles. The highest BCUT2D eigenvalue weighted by molar-refractivity contribution is 9.10. The van der Waals surface area contributed by atoms with Gasteiger partial charge in [0.25, 0.3) is 0 Å². The van der Waals surface area contributed by atoms with E-state index in [1.165, 1.54) is 12.1 Å². The molecule has 2 rings (SSSR count). The van der Waals surface area contributed by atoms with E-state index in [4.69, 9.17) is 16.3 Å². The predicted molar refractivity (Wildman–Crippen MR) is 84.0 cm³/mol. The SMILES string of the molecule is CC(C)Oc1ccc(C(Cl)c2ccc(F)cc2Br)cc1. The van der Waals surface area contributed by atoms with Gasteiger partial charge in [-0.2, -0.15) is 0 Å². The third-order valence-electron chi connectivity index (χ3n) is 2.78. The highest BCUT2D eigenvalue weighted by Gasteiger charge is 2.14. The van der Waals surface area contributed by atoms with E-state index in [2.05, 4.69) is 15.9 Å². The van der Waals surface area contributed by atoms with Crippen LogP contribution in [0.3, 0.4) is 0 Å². The summed E-state index contributed by atoms with van der Waals surface area (Å²) < 4.78 is 19.4. The van der Waals surface area contributed by atoms with E-state index in [-0.39, 0.29) is 17.3 Å². The van der Waals surface area contributed by atoms with E-state index in [9.17, 15) is 4.39 Å². The normalized spacial score (nSPS) is 12.5. The maximum atomic E-state index is 13.1. The Morgan fingerprint density at radius 2 is 1.75 bits per heavy atom. The molecule has 0 aromatic heterocycles. The lowest BCUT2D eigenvalue weighted by molar-refractivity contribution is 0.242. The third kappa shape index (κ3) is 3.74. The standard InChI is InChI=1S/C16H15BrClFO/c1-10(2)20-13-6-3-11(4-7-13)16(18)14-8-5-12(19)9-15(14)17/h3-10,16H,1-2H3. The Bertz CT molecular complexity index is 584. The zero-order valence-electron chi connectivity index (χ0n) is 11.2. The van der Waals surface area contributed by atoms with Crippen molar-refractivity contribution in [3.63, 3.8) is 0 Å². The Balaban J connectivity index is 2.22. The average molecular weight is 358 g/mol. The fourth-order valence-electron chi connectivity index (χ4n) is 1.87. The minimum atomic E-state index is -0.335. The summed E-state index contributed by atoms with van der Waals surface area (Å²) >= 11 is 9.80. The summed E-state index contributed by atoms with van der Waals surface area (Å²) in [5.41, 5.74) is 1.78. The minimum absolute atomic E-state index is 0.138. The van der Waals surface area contributed by atoms with Crippen LogP contribution in [-0.2, 0) is 0 Å². The molecule has 0 spiro atoms. The summed E-state index contributed by atoms with van der Waals surface area (Å²) in [6.07, 6.45) is 0.138. The molecule has 0 saturated carbocycles. The quantitative estimate of drug-likeness (QED) is 0.637. The maximum absolute atomic E-state index is 13.1. The first-order valence-electron chi connectivity index (χ1n) is 6.33. The van der Waals surface area contributed by atoms with Crippen LogP contribution in [0.15, 0.2) is 46.9 Å². The molecule has 20 heavy (non-hydrogen) atoms. The number of benzene rings is 2. The van der Waals surface area contributed by atoms with Crippen molar-refractivity contribution in [2.75, 3.05) is 0 Å². The van der Waals surface area contributed by atoms with Gasteiger partial charge in [0, 0.05) is 4.47 Å². The summed E-state index contributed by atoms with van der Waals surface area (Å²) in [7, 11) is 0. The Labute approximate surface area is 131 Å². The molecule has 1 unspecified atom stereocenters. The number of hydrogen-bond donors (Lipinski definition) is 0. The molecule has 0 N–H and O–H groups in total. The Hall–Kier alpha value is -1.06. The van der Waals surface area contributed by atoms with Crippen molar-refractivity contribution in [2.45, 2.75) is 25.3 Å². The van der Waals surface area contributed by atoms with Crippen molar-refractivity contribution in [3.8, 4) is 5.75 Å². The van der Waals surface area contributed by atoms with Gasteiger partial charge in [0.2, 0.25) is 0 Å². The van der Waals surface area contributed by atoms with Crippen molar-refractivity contribution < 1.29 is 9.13 Å². The van der Waals surface area contributed by atoms with Crippen LogP contribution in [0, 0.1) is 5.82 Å². The monoisotopic (exact) mass is 356 g/mol. The van der Waals surface area contributed by atoms with E-state index in [0.29, 0.717) is 4.47 Å². The van der Waals surface area contributed by atoms with Gasteiger partial charge in [-0.1, -0.05) is 34.1 Å². The third-order valence-corrected chi connectivity index (χ3v) is 3.95. The van der Waals surface area contributed by atoms with Crippen LogP contribution in [0.25, 0.3) is 0 Å². The van der Waals surface area contributed by atoms with Gasteiger partial charge in [0.1, 0.15) is 11.6 Å². The van der Waals surface area contributed by atoms with Gasteiger partial charge in [0.05, 0.1) is 11.5 Å². The van der Waals surface area contributed by atoms with E-state index < -0.39 is 0 Å². The molecule has 0 aliphatic rings. The van der Waals surface area contributed by atoms with E-state index in [1.807, 2.05) is 38.1 Å². The van der Waals surface area contributed by atoms with E-state index >= 15 is 0 Å². The van der Waals surface area contributed by atoms with Crippen LogP contribution in [0.1, 0.15) is 30.4 Å². The van der Waals surface area contributed by atoms with Crippen molar-refractivity contribution in [3.05, 3.63) is 63.9 Å². The lowest BCUT2D eigenvalue weighted by Crippen LogP contribution is -2.05. The lowest BCUT2D eigenvalue weighted by atomic mass is 10.0. The fraction of sp³-hybridized carbons (Fsp3) is 0.250. The molecule has 0 fully saturated rings. The first-order chi connectivity index (χ1) is 9.47. The van der Waals surface area contributed by atoms with Crippen LogP contribution in [0.2, 0.25) is 0 Å². The number of rotatable bonds is 4. The maximum Gasteiger partial charge on any atom is 0.124 e. The van der Waals surface area contributed by atoms with E-state index in [0.717, 1.165) is 16.9 Å². The zero-order chi connectivity index (χ0) is 14.7. The second kappa shape index (κ2) is 6.59. The predicted octanol–water partition coefficient (Wildman–Crippen LogP) is 5.70. The van der Waals surface area contributed by atoms with Crippen LogP contribution < -0.4 is 4.74 Å². The summed E-state index contributed by atoms with van der Waals surface area (Å²) in [5.74, 6) is 0.524. The molecule has 0 aliphatic carbocycles. The molecule has 1 atom stereocenters. The Morgan fingerprint density at radius 1 is 1.10 bits per heavy atom. The largest absolute Gasteiger partial charge is 0.491 e. The van der Waals surface area contributed by atoms with Crippen molar-refractivity contribution >= 4 is 27.5 Å². The number of hydrogen-bond acceptors (Lipinski definition) is 1. The molecule has 0 saturated heterocycles. The molecule has 0 aliphatic heterocycles. The van der Waals surface area contributed by atoms with Gasteiger partial charge >= 0.3 is 0 Å². The van der Waals surface area contributed by atoms with Gasteiger partial charge in [-0.15, -0.1) is 11.6 Å². The lowest BCUT2D eigenvalue weighted by Gasteiger charge is -2.14. The molecule has 0 bridgehead atoms. The molecule has 4 heteroatoms. The van der Waals surface area contributed by atoms with Crippen molar-refractivity contribution in [2.24, 2.45) is 0 Å². The average Bonchev–Trinajstić information content (AvgIpc) is 2.38. The van der Waals surface area contributed by atoms with Crippen LogP contribution in [0.4, 0.5) is 4.39 Å². The van der Waals surface area contributed by atoms with Gasteiger partial charge in [-0.25, -0.2) is 4.39 Å². The van der Waals surface area contributed by atoms with Gasteiger partial charge in [0.15, 0.2) is 0 Å². The fourth-order valence-corrected chi connectivity index (χ4v) is 2.92. The van der Waals surface area contributed by atoms with Gasteiger partial charge in [-0.3, -0.25) is 0 Å². The molecular weight excluding hydrogens is 343 g/mol. The molecule has 0 radical (unpaired) electrons. The second-order valence-electron chi connectivity index (χ2n) is 4.76. The summed E-state index contributed by atoms with van der Waals surface area (Å²) in [6.45, 7) is 3.96. The van der Waals surface area contributed by atoms with Crippen LogP contribution in [-0.4, -0.2) is 6.10 Å². The summed E-state index contributed by atoms with van der Waals surface area (Å²) in [4.78, 5) is 0. The van der Waals surface area contributed by atoms with Gasteiger partial charge in [-0.05, 0) is 49.2 Å². The topological polar surface area (TPSA) is 9.23 Å². The molecule has 2 aromatic rings. The van der Waals surface area contributed by atoms with Crippen LogP contribution in [0.5, 0.6) is 5.75 Å². The van der Waals surface area contributed by atoms with Gasteiger partial charge < -0.3 is 4.74 Å². The smallest absolute Gasteiger partial charge is 0.124 e. The molecule has 0 heterocycles. The van der Waals surface area contributed by atoms with E-state index in [1.54, 1.807) is 6.07 Å². The molecular formula is C16H15BrClFO. The molecule has 106 valence electrons. The second-order valence-corrected chi connectivity index (χ2v) is 6.05. The first kappa shape index (κ1) is 15.3. The highest BCUT2D eigenvalue weighted by atomic mass is 79.9. The minimum Gasteiger partial charge on any atom is -0.491 e. The number of halogens is 3. The highest BCUT2D eigenvalue weighted by Crippen LogP contribution is 2.34.